The van der Waals surface area contributed by atoms with Crippen LogP contribution >= 0.6 is 54.5 Å². The molecule has 0 atom stereocenters. The fraction of sp³-hybridized carbons (Fsp3) is 0.368. The van der Waals surface area contributed by atoms with Gasteiger partial charge in [0.05, 0.1) is 40.6 Å². The molecule has 0 fully saturated rings. The molecule has 2 N–H and O–H groups in total. The number of nitrogens with zero attached hydrogens (tertiary/aromatic N) is 6. The van der Waals surface area contributed by atoms with Crippen molar-refractivity contribution in [2.24, 2.45) is 0 Å². The van der Waals surface area contributed by atoms with E-state index in [4.69, 9.17) is 18.9 Å². The summed E-state index contributed by atoms with van der Waals surface area (Å²) in [6, 6.07) is 10.3. The van der Waals surface area contributed by atoms with E-state index in [1.165, 1.54) is 18.4 Å². The van der Waals surface area contributed by atoms with Crippen LogP contribution in [0.1, 0.15) is 87.2 Å². The van der Waals surface area contributed by atoms with Crippen LogP contribution in [0.5, 0.6) is 0 Å². The highest BCUT2D eigenvalue weighted by Gasteiger charge is 2.27. The van der Waals surface area contributed by atoms with Crippen molar-refractivity contribution in [3.8, 4) is 11.5 Å². The smallest absolute Gasteiger partial charge is 0.454 e. The molecule has 16 nitrogen and oxygen atoms in total. The quantitative estimate of drug-likeness (QED) is 0.0691. The van der Waals surface area contributed by atoms with Gasteiger partial charge in [-0.2, -0.15) is 10.2 Å². The van der Waals surface area contributed by atoms with Gasteiger partial charge in [-0.15, -0.1) is 0 Å². The number of carbonyl (C=O) groups excluding carboxylic acids is 2. The van der Waals surface area contributed by atoms with E-state index < -0.39 is 27.2 Å². The second kappa shape index (κ2) is 19.7. The van der Waals surface area contributed by atoms with Crippen LogP contribution in [0.2, 0.25) is 0 Å². The lowest BCUT2D eigenvalue weighted by Gasteiger charge is -2.18. The van der Waals surface area contributed by atoms with Gasteiger partial charge in [-0.25, -0.2) is 16.8 Å². The van der Waals surface area contributed by atoms with Crippen LogP contribution in [0, 0.1) is 3.77 Å². The van der Waals surface area contributed by atoms with Crippen LogP contribution in [-0.4, -0.2) is 91.7 Å². The Kier molecular flexibility index (Phi) is 16.1. The van der Waals surface area contributed by atoms with E-state index in [0.717, 1.165) is 16.8 Å². The van der Waals surface area contributed by atoms with Gasteiger partial charge in [-0.05, 0) is 83.8 Å². The van der Waals surface area contributed by atoms with Gasteiger partial charge in [0, 0.05) is 106 Å². The molecular weight excluding hydrogens is 1060 g/mol. The molecule has 324 valence electrons. The van der Waals surface area contributed by atoms with Gasteiger partial charge in [-0.3, -0.25) is 27.6 Å². The summed E-state index contributed by atoms with van der Waals surface area (Å²) >= 11 is 8.77. The molecule has 0 saturated carbocycles. The van der Waals surface area contributed by atoms with Crippen LogP contribution in [0.4, 0.5) is 11.4 Å². The maximum Gasteiger partial charge on any atom is 0.507 e. The molecule has 4 heterocycles. The fourth-order valence-corrected chi connectivity index (χ4v) is 9.26. The molecule has 2 aromatic carbocycles. The van der Waals surface area contributed by atoms with Crippen molar-refractivity contribution in [1.29, 1.82) is 0 Å². The number of ketones is 2. The minimum Gasteiger partial charge on any atom is -0.454 e. The van der Waals surface area contributed by atoms with Crippen molar-refractivity contribution in [3.63, 3.8) is 0 Å². The molecule has 0 radical (unpaired) electrons. The first kappa shape index (κ1) is 49.1. The SMILES string of the molecule is CC(C)n1nccc1B(O)O.CCC(=O)c1c(-c2ccnn2C(C)C)oc2cc(N(C)S(C)(=O)=O)c(Br)cc12.CCC(=O)c1c(I)oc2cc(N(C)S(C)(=O)=O)c(Br)cc12. The summed E-state index contributed by atoms with van der Waals surface area (Å²) in [5.41, 5.74) is 3.99. The molecule has 0 bridgehead atoms. The number of benzene rings is 2. The molecule has 6 rings (SSSR count). The van der Waals surface area contributed by atoms with E-state index in [-0.39, 0.29) is 23.7 Å². The zero-order valence-electron chi connectivity index (χ0n) is 34.6. The number of fused-ring (bicyclic) bond motifs is 2. The van der Waals surface area contributed by atoms with E-state index in [9.17, 15) is 26.4 Å². The first-order valence-electron chi connectivity index (χ1n) is 18.4. The van der Waals surface area contributed by atoms with Crippen LogP contribution in [-0.2, 0) is 20.0 Å². The van der Waals surface area contributed by atoms with Gasteiger partial charge < -0.3 is 18.9 Å². The van der Waals surface area contributed by atoms with E-state index in [1.54, 1.807) is 65.9 Å². The van der Waals surface area contributed by atoms with E-state index in [0.29, 0.717) is 87.0 Å². The molecule has 0 aliphatic heterocycles. The summed E-state index contributed by atoms with van der Waals surface area (Å²) in [4.78, 5) is 24.8. The zero-order valence-corrected chi connectivity index (χ0v) is 41.5. The average molecular weight is 1110 g/mol. The number of Topliss-reactive ketones (excluding diaryl/α,β-unsaturated/α-hetero) is 2. The topological polar surface area (TPSA) is 211 Å². The van der Waals surface area contributed by atoms with Crippen LogP contribution in [0.25, 0.3) is 33.4 Å². The van der Waals surface area contributed by atoms with Crippen LogP contribution in [0.15, 0.2) is 66.6 Å². The largest absolute Gasteiger partial charge is 0.507 e. The molecule has 0 aliphatic carbocycles. The summed E-state index contributed by atoms with van der Waals surface area (Å²) in [5.74, 6) is 0.384. The molecule has 0 aliphatic rings. The second-order valence-electron chi connectivity index (χ2n) is 14.1. The monoisotopic (exact) mass is 1110 g/mol. The lowest BCUT2D eigenvalue weighted by atomic mass is 9.86. The molecular formula is C38H46BBr2IN6O10S2. The van der Waals surface area contributed by atoms with Crippen molar-refractivity contribution >= 4 is 132 Å². The lowest BCUT2D eigenvalue weighted by Crippen LogP contribution is -2.37. The zero-order chi connectivity index (χ0) is 45.2. The summed E-state index contributed by atoms with van der Waals surface area (Å²) < 4.78 is 66.3. The van der Waals surface area contributed by atoms with Gasteiger partial charge in [0.25, 0.3) is 0 Å². The summed E-state index contributed by atoms with van der Waals surface area (Å²) in [6.07, 6.45) is 6.18. The predicted molar refractivity (Wildman–Crippen MR) is 250 cm³/mol. The number of hydrogen-bond acceptors (Lipinski definition) is 12. The van der Waals surface area contributed by atoms with Crippen molar-refractivity contribution in [2.45, 2.75) is 66.5 Å². The van der Waals surface area contributed by atoms with Gasteiger partial charge in [0.1, 0.15) is 16.9 Å². The minimum absolute atomic E-state index is 0.00531. The molecule has 0 unspecified atom stereocenters. The first-order valence-corrected chi connectivity index (χ1v) is 24.8. The highest BCUT2D eigenvalue weighted by atomic mass is 127. The number of rotatable bonds is 12. The Hall–Kier alpha value is -3.55. The first-order chi connectivity index (χ1) is 27.8. The third-order valence-electron chi connectivity index (χ3n) is 9.19. The van der Waals surface area contributed by atoms with Crippen molar-refractivity contribution in [2.75, 3.05) is 35.2 Å². The standard InChI is InChI=1S/C19H22BrN3O4S.C13H13BrINO4S.C6H11BN2O2/c1-6-16(24)18-12-9-13(20)15(22(4)28(5,25)26)10-17(12)27-19(18)14-7-8-21-23(14)11(2)3;1-4-10(17)12-7-5-8(14)9(16(2)21(3,18)19)6-11(7)20-13(12)15;1-5(2)9-6(7(10)11)3-4-8-9/h7-11H,6H2,1-5H3;5-6H,4H2,1-3H3;3-5,10-11H,1-2H3. The van der Waals surface area contributed by atoms with E-state index in [1.807, 2.05) is 56.4 Å². The Morgan fingerprint density at radius 1 is 0.767 bits per heavy atom. The fourth-order valence-electron chi connectivity index (χ4n) is 5.96. The summed E-state index contributed by atoms with van der Waals surface area (Å²) in [7, 11) is -5.33. The molecule has 6 aromatic rings. The van der Waals surface area contributed by atoms with E-state index >= 15 is 0 Å². The summed E-state index contributed by atoms with van der Waals surface area (Å²) in [6.45, 7) is 11.4. The number of sulfonamides is 2. The minimum atomic E-state index is -3.45. The highest BCUT2D eigenvalue weighted by molar-refractivity contribution is 14.1. The second-order valence-corrected chi connectivity index (χ2v) is 20.8. The number of hydrogen-bond donors (Lipinski definition) is 2. The van der Waals surface area contributed by atoms with Crippen molar-refractivity contribution in [3.05, 3.63) is 72.6 Å². The highest BCUT2D eigenvalue weighted by Crippen LogP contribution is 2.41. The van der Waals surface area contributed by atoms with Crippen LogP contribution in [0.3, 0.4) is 0 Å². The van der Waals surface area contributed by atoms with Gasteiger partial charge in [0.2, 0.25) is 20.0 Å². The predicted octanol–water partition coefficient (Wildman–Crippen LogP) is 7.56. The van der Waals surface area contributed by atoms with Gasteiger partial charge in [0.15, 0.2) is 21.1 Å². The number of halogens is 3. The third-order valence-corrected chi connectivity index (χ3v) is 13.6. The Morgan fingerprint density at radius 2 is 1.20 bits per heavy atom. The average Bonchev–Trinajstić information content (AvgIpc) is 3.97. The van der Waals surface area contributed by atoms with Crippen molar-refractivity contribution < 1.29 is 45.3 Å². The number of aromatic nitrogens is 4. The van der Waals surface area contributed by atoms with Gasteiger partial charge >= 0.3 is 7.12 Å². The third kappa shape index (κ3) is 10.7. The molecule has 0 amide bonds. The molecule has 60 heavy (non-hydrogen) atoms. The molecule has 4 aromatic heterocycles. The van der Waals surface area contributed by atoms with Gasteiger partial charge in [-0.1, -0.05) is 13.8 Å². The number of anilines is 2. The molecule has 22 heteroatoms. The molecule has 0 spiro atoms. The van der Waals surface area contributed by atoms with Crippen molar-refractivity contribution in [1.82, 2.24) is 19.6 Å². The maximum absolute atomic E-state index is 12.8. The normalized spacial score (nSPS) is 11.8. The Bertz CT molecular complexity index is 2740. The van der Waals surface area contributed by atoms with Crippen LogP contribution < -0.4 is 14.2 Å². The number of furan rings is 2. The Balaban J connectivity index is 0.000000217. The van der Waals surface area contributed by atoms with E-state index in [2.05, 4.69) is 42.1 Å². The lowest BCUT2D eigenvalue weighted by molar-refractivity contribution is 0.0980. The summed E-state index contributed by atoms with van der Waals surface area (Å²) in [5, 5.41) is 27.3. The molecule has 0 saturated heterocycles. The maximum atomic E-state index is 12.8. The Morgan fingerprint density at radius 3 is 1.63 bits per heavy atom. The number of carbonyl (C=O) groups is 2. The Labute approximate surface area is 379 Å².